The fraction of sp³-hybridized carbons (Fsp3) is 0.300. The normalized spacial score (nSPS) is 10.3. The summed E-state index contributed by atoms with van der Waals surface area (Å²) >= 11 is 0. The highest BCUT2D eigenvalue weighted by Crippen LogP contribution is 2.11. The maximum Gasteiger partial charge on any atom is 0.313 e. The van der Waals surface area contributed by atoms with E-state index in [0.29, 0.717) is 17.7 Å². The molecule has 2 amide bonds. The molecule has 5 heteroatoms. The molecule has 2 rings (SSSR count). The number of carbonyl (C=O) groups excluding carboxylic acids is 2. The summed E-state index contributed by atoms with van der Waals surface area (Å²) in [4.78, 5) is 23.7. The highest BCUT2D eigenvalue weighted by atomic mass is 19.1. The lowest BCUT2D eigenvalue weighted by atomic mass is 10.1. The molecule has 2 N–H and O–H groups in total. The van der Waals surface area contributed by atoms with Gasteiger partial charge in [0.15, 0.2) is 0 Å². The monoisotopic (exact) mass is 342 g/mol. The van der Waals surface area contributed by atoms with Gasteiger partial charge < -0.3 is 10.6 Å². The number of nitrogens with one attached hydrogen (secondary N) is 2. The van der Waals surface area contributed by atoms with Crippen LogP contribution in [-0.4, -0.2) is 18.4 Å². The molecule has 0 aliphatic rings. The van der Waals surface area contributed by atoms with E-state index in [1.54, 1.807) is 30.3 Å². The smallest absolute Gasteiger partial charge is 0.313 e. The van der Waals surface area contributed by atoms with Gasteiger partial charge in [0.2, 0.25) is 0 Å². The summed E-state index contributed by atoms with van der Waals surface area (Å²) in [7, 11) is 0. The first-order valence-corrected chi connectivity index (χ1v) is 8.51. The summed E-state index contributed by atoms with van der Waals surface area (Å²) in [5.74, 6) is -1.77. The van der Waals surface area contributed by atoms with E-state index in [1.807, 2.05) is 12.1 Å². The van der Waals surface area contributed by atoms with Crippen LogP contribution in [0.2, 0.25) is 0 Å². The van der Waals surface area contributed by atoms with E-state index in [9.17, 15) is 14.0 Å². The van der Waals surface area contributed by atoms with E-state index < -0.39 is 11.8 Å². The maximum absolute atomic E-state index is 13.5. The van der Waals surface area contributed by atoms with Crippen LogP contribution in [0.5, 0.6) is 0 Å². The van der Waals surface area contributed by atoms with Gasteiger partial charge in [0, 0.05) is 12.2 Å². The van der Waals surface area contributed by atoms with Gasteiger partial charge in [-0.1, -0.05) is 43.7 Å². The minimum Gasteiger partial charge on any atom is -0.347 e. The summed E-state index contributed by atoms with van der Waals surface area (Å²) in [6.07, 6.45) is 3.58. The highest BCUT2D eigenvalue weighted by molar-refractivity contribution is 6.39. The van der Waals surface area contributed by atoms with Crippen LogP contribution in [-0.2, 0) is 22.4 Å². The minimum absolute atomic E-state index is 0.198. The Hall–Kier alpha value is -2.69. The number of halogens is 1. The average Bonchev–Trinajstić information content (AvgIpc) is 2.62. The third kappa shape index (κ3) is 6.03. The number of hydrogen-bond donors (Lipinski definition) is 2. The van der Waals surface area contributed by atoms with E-state index >= 15 is 0 Å². The lowest BCUT2D eigenvalue weighted by Crippen LogP contribution is -2.36. The van der Waals surface area contributed by atoms with Crippen LogP contribution in [0.4, 0.5) is 10.1 Å². The van der Waals surface area contributed by atoms with E-state index in [0.717, 1.165) is 19.3 Å². The number of amides is 2. The Bertz CT molecular complexity index is 714. The molecule has 0 radical (unpaired) electrons. The zero-order valence-corrected chi connectivity index (χ0v) is 14.3. The molecule has 0 bridgehead atoms. The van der Waals surface area contributed by atoms with Crippen molar-refractivity contribution < 1.29 is 14.0 Å². The molecular weight excluding hydrogens is 319 g/mol. The van der Waals surface area contributed by atoms with Gasteiger partial charge in [-0.15, -0.1) is 0 Å². The van der Waals surface area contributed by atoms with Gasteiger partial charge in [0.25, 0.3) is 0 Å². The maximum atomic E-state index is 13.5. The Balaban J connectivity index is 1.78. The molecule has 132 valence electrons. The first kappa shape index (κ1) is 18.6. The summed E-state index contributed by atoms with van der Waals surface area (Å²) in [5.41, 5.74) is 2.29. The van der Waals surface area contributed by atoms with E-state index in [4.69, 9.17) is 0 Å². The molecule has 2 aromatic rings. The molecule has 25 heavy (non-hydrogen) atoms. The van der Waals surface area contributed by atoms with Crippen molar-refractivity contribution in [1.29, 1.82) is 0 Å². The molecule has 0 aliphatic heterocycles. The number of hydrogen-bond acceptors (Lipinski definition) is 2. The number of anilines is 1. The van der Waals surface area contributed by atoms with Crippen LogP contribution in [0.3, 0.4) is 0 Å². The molecule has 2 aromatic carbocycles. The largest absolute Gasteiger partial charge is 0.347 e. The van der Waals surface area contributed by atoms with E-state index in [1.165, 1.54) is 11.6 Å². The Morgan fingerprint density at radius 2 is 1.68 bits per heavy atom. The standard InChI is InChI=1S/C20H23FN2O2/c1-2-3-6-15-9-11-17(12-10-15)23-20(25)19(24)22-14-13-16-7-4-5-8-18(16)21/h4-5,7-12H,2-3,6,13-14H2,1H3,(H,22,24)(H,23,25). The summed E-state index contributed by atoms with van der Waals surface area (Å²) < 4.78 is 13.5. The fourth-order valence-electron chi connectivity index (χ4n) is 2.42. The summed E-state index contributed by atoms with van der Waals surface area (Å²) in [5, 5.41) is 5.06. The van der Waals surface area contributed by atoms with Crippen molar-refractivity contribution in [2.75, 3.05) is 11.9 Å². The van der Waals surface area contributed by atoms with Crippen LogP contribution in [0.15, 0.2) is 48.5 Å². The van der Waals surface area contributed by atoms with Gasteiger partial charge in [0.1, 0.15) is 5.82 Å². The molecule has 0 heterocycles. The molecule has 0 fully saturated rings. The van der Waals surface area contributed by atoms with Crippen molar-refractivity contribution in [1.82, 2.24) is 5.32 Å². The number of benzene rings is 2. The molecule has 0 atom stereocenters. The molecule has 4 nitrogen and oxygen atoms in total. The third-order valence-corrected chi connectivity index (χ3v) is 3.87. The Morgan fingerprint density at radius 1 is 0.960 bits per heavy atom. The highest BCUT2D eigenvalue weighted by Gasteiger charge is 2.13. The van der Waals surface area contributed by atoms with Gasteiger partial charge >= 0.3 is 11.8 Å². The zero-order chi connectivity index (χ0) is 18.1. The lowest BCUT2D eigenvalue weighted by molar-refractivity contribution is -0.136. The second kappa shape index (κ2) is 9.57. The van der Waals surface area contributed by atoms with E-state index in [-0.39, 0.29) is 12.4 Å². The van der Waals surface area contributed by atoms with Crippen molar-refractivity contribution in [2.24, 2.45) is 0 Å². The van der Waals surface area contributed by atoms with E-state index in [2.05, 4.69) is 17.6 Å². The van der Waals surface area contributed by atoms with Crippen LogP contribution in [0.25, 0.3) is 0 Å². The van der Waals surface area contributed by atoms with Gasteiger partial charge in [-0.2, -0.15) is 0 Å². The molecule has 0 saturated heterocycles. The van der Waals surface area contributed by atoms with Gasteiger partial charge in [0.05, 0.1) is 0 Å². The van der Waals surface area contributed by atoms with Crippen molar-refractivity contribution in [3.8, 4) is 0 Å². The van der Waals surface area contributed by atoms with Crippen molar-refractivity contribution in [3.05, 3.63) is 65.5 Å². The van der Waals surface area contributed by atoms with Gasteiger partial charge in [-0.05, 0) is 48.6 Å². The van der Waals surface area contributed by atoms with Crippen LogP contribution in [0, 0.1) is 5.82 Å². The third-order valence-electron chi connectivity index (χ3n) is 3.87. The summed E-state index contributed by atoms with van der Waals surface area (Å²) in [6.45, 7) is 2.34. The van der Waals surface area contributed by atoms with Crippen molar-refractivity contribution in [3.63, 3.8) is 0 Å². The topological polar surface area (TPSA) is 58.2 Å². The van der Waals surface area contributed by atoms with Gasteiger partial charge in [-0.25, -0.2) is 4.39 Å². The Kier molecular flexibility index (Phi) is 7.14. The fourth-order valence-corrected chi connectivity index (χ4v) is 2.42. The summed E-state index contributed by atoms with van der Waals surface area (Å²) in [6, 6.07) is 13.8. The number of aryl methyl sites for hydroxylation is 1. The molecule has 0 unspecified atom stereocenters. The first-order chi connectivity index (χ1) is 12.1. The second-order valence-corrected chi connectivity index (χ2v) is 5.85. The van der Waals surface area contributed by atoms with Crippen LogP contribution >= 0.6 is 0 Å². The second-order valence-electron chi connectivity index (χ2n) is 5.85. The predicted octanol–water partition coefficient (Wildman–Crippen LogP) is 3.47. The number of unbranched alkanes of at least 4 members (excludes halogenated alkanes) is 1. The Morgan fingerprint density at radius 3 is 2.36 bits per heavy atom. The van der Waals surface area contributed by atoms with Crippen LogP contribution < -0.4 is 10.6 Å². The van der Waals surface area contributed by atoms with Crippen molar-refractivity contribution in [2.45, 2.75) is 32.6 Å². The Labute approximate surface area is 147 Å². The first-order valence-electron chi connectivity index (χ1n) is 8.51. The van der Waals surface area contributed by atoms with Gasteiger partial charge in [-0.3, -0.25) is 9.59 Å². The molecule has 0 spiro atoms. The lowest BCUT2D eigenvalue weighted by Gasteiger charge is -2.08. The zero-order valence-electron chi connectivity index (χ0n) is 14.3. The molecular formula is C20H23FN2O2. The molecule has 0 aromatic heterocycles. The minimum atomic E-state index is -0.730. The number of carbonyl (C=O) groups is 2. The van der Waals surface area contributed by atoms with Crippen LogP contribution in [0.1, 0.15) is 30.9 Å². The average molecular weight is 342 g/mol. The molecule has 0 aliphatic carbocycles. The quantitative estimate of drug-likeness (QED) is 0.757. The predicted molar refractivity (Wildman–Crippen MR) is 96.8 cm³/mol. The molecule has 0 saturated carbocycles. The van der Waals surface area contributed by atoms with Crippen molar-refractivity contribution >= 4 is 17.5 Å². The number of rotatable bonds is 7. The SMILES string of the molecule is CCCCc1ccc(NC(=O)C(=O)NCCc2ccccc2F)cc1.